The van der Waals surface area contributed by atoms with Crippen LogP contribution in [0.5, 0.6) is 11.5 Å². The van der Waals surface area contributed by atoms with E-state index in [1.165, 1.54) is 18.2 Å². The summed E-state index contributed by atoms with van der Waals surface area (Å²) >= 11 is 0. The van der Waals surface area contributed by atoms with E-state index in [0.717, 1.165) is 0 Å². The molecule has 0 spiro atoms. The topological polar surface area (TPSA) is 70.5 Å². The molecule has 1 aliphatic heterocycles. The van der Waals surface area contributed by atoms with Gasteiger partial charge in [0, 0.05) is 11.6 Å². The monoisotopic (exact) mass is 240 g/mol. The number of nitrogens with two attached hydrogens (primary N) is 1. The zero-order chi connectivity index (χ0) is 12.0. The molecule has 7 heteroatoms. The summed E-state index contributed by atoms with van der Waals surface area (Å²) in [5, 5.41) is 3.66. The van der Waals surface area contributed by atoms with Crippen molar-refractivity contribution in [2.24, 2.45) is 0 Å². The number of rotatable bonds is 1. The fraction of sp³-hybridized carbons (Fsp3) is 0.100. The molecular formula is C10H6F2N2O3. The van der Waals surface area contributed by atoms with Crippen LogP contribution in [0.15, 0.2) is 28.8 Å². The predicted molar refractivity (Wildman–Crippen MR) is 52.6 cm³/mol. The van der Waals surface area contributed by atoms with Crippen molar-refractivity contribution >= 4 is 5.88 Å². The number of nitrogens with zero attached hydrogens (tertiary/aromatic N) is 1. The first-order valence-corrected chi connectivity index (χ1v) is 4.66. The van der Waals surface area contributed by atoms with Crippen molar-refractivity contribution in [2.75, 3.05) is 5.73 Å². The van der Waals surface area contributed by atoms with Gasteiger partial charge in [0.15, 0.2) is 11.5 Å². The summed E-state index contributed by atoms with van der Waals surface area (Å²) in [6.07, 6.45) is -3.62. The highest BCUT2D eigenvalue weighted by molar-refractivity contribution is 5.65. The molecule has 5 nitrogen and oxygen atoms in total. The highest BCUT2D eigenvalue weighted by Crippen LogP contribution is 2.42. The number of benzene rings is 1. The molecule has 0 saturated heterocycles. The number of anilines is 1. The van der Waals surface area contributed by atoms with Crippen LogP contribution in [-0.4, -0.2) is 11.5 Å². The van der Waals surface area contributed by atoms with Gasteiger partial charge >= 0.3 is 6.29 Å². The van der Waals surface area contributed by atoms with E-state index < -0.39 is 6.29 Å². The van der Waals surface area contributed by atoms with E-state index in [2.05, 4.69) is 19.2 Å². The predicted octanol–water partition coefficient (Wildman–Crippen LogP) is 2.25. The molecule has 1 aromatic carbocycles. The zero-order valence-corrected chi connectivity index (χ0v) is 8.31. The third kappa shape index (κ3) is 1.65. The van der Waals surface area contributed by atoms with Crippen molar-refractivity contribution in [3.05, 3.63) is 24.3 Å². The molecule has 0 bridgehead atoms. The van der Waals surface area contributed by atoms with Crippen molar-refractivity contribution < 1.29 is 22.8 Å². The van der Waals surface area contributed by atoms with Crippen LogP contribution >= 0.6 is 0 Å². The summed E-state index contributed by atoms with van der Waals surface area (Å²) in [4.78, 5) is 0. The van der Waals surface area contributed by atoms with Gasteiger partial charge in [-0.15, -0.1) is 8.78 Å². The third-order valence-electron chi connectivity index (χ3n) is 2.23. The number of alkyl halides is 2. The average molecular weight is 240 g/mol. The van der Waals surface area contributed by atoms with Crippen LogP contribution in [0.4, 0.5) is 14.7 Å². The Hall–Kier alpha value is -2.31. The lowest BCUT2D eigenvalue weighted by Gasteiger charge is -2.04. The van der Waals surface area contributed by atoms with Gasteiger partial charge in [-0.2, -0.15) is 0 Å². The van der Waals surface area contributed by atoms with Crippen molar-refractivity contribution in [3.8, 4) is 22.8 Å². The van der Waals surface area contributed by atoms with Crippen molar-refractivity contribution in [1.29, 1.82) is 0 Å². The summed E-state index contributed by atoms with van der Waals surface area (Å²) in [5.41, 5.74) is 6.35. The number of nitrogen functional groups attached to an aromatic ring is 1. The van der Waals surface area contributed by atoms with Crippen LogP contribution in [0.2, 0.25) is 0 Å². The molecule has 0 fully saturated rings. The Morgan fingerprint density at radius 2 is 1.88 bits per heavy atom. The van der Waals surface area contributed by atoms with Crippen LogP contribution < -0.4 is 15.2 Å². The molecule has 0 amide bonds. The Balaban J connectivity index is 2.01. The Bertz CT molecular complexity index is 583. The summed E-state index contributed by atoms with van der Waals surface area (Å²) in [6, 6.07) is 5.79. The van der Waals surface area contributed by atoms with Gasteiger partial charge in [-0.1, -0.05) is 5.16 Å². The Kier molecular flexibility index (Phi) is 1.80. The van der Waals surface area contributed by atoms with Crippen molar-refractivity contribution in [3.63, 3.8) is 0 Å². The maximum Gasteiger partial charge on any atom is 0.586 e. The molecular weight excluding hydrogens is 234 g/mol. The Labute approximate surface area is 93.7 Å². The SMILES string of the molecule is Nc1cc(-c2ccc3c(c2)OC(F)(F)O3)no1. The Morgan fingerprint density at radius 1 is 1.12 bits per heavy atom. The lowest BCUT2D eigenvalue weighted by atomic mass is 10.1. The van der Waals surface area contributed by atoms with Crippen LogP contribution in [0.1, 0.15) is 0 Å². The second-order valence-corrected chi connectivity index (χ2v) is 3.44. The minimum atomic E-state index is -3.62. The van der Waals surface area contributed by atoms with E-state index in [0.29, 0.717) is 11.3 Å². The number of ether oxygens (including phenoxy) is 2. The molecule has 88 valence electrons. The second kappa shape index (κ2) is 3.09. The zero-order valence-electron chi connectivity index (χ0n) is 8.31. The van der Waals surface area contributed by atoms with Gasteiger partial charge in [-0.05, 0) is 18.2 Å². The van der Waals surface area contributed by atoms with Crippen molar-refractivity contribution in [1.82, 2.24) is 5.16 Å². The van der Waals surface area contributed by atoms with E-state index in [1.807, 2.05) is 0 Å². The van der Waals surface area contributed by atoms with Gasteiger partial charge in [0.25, 0.3) is 0 Å². The molecule has 0 aliphatic carbocycles. The quantitative estimate of drug-likeness (QED) is 0.827. The van der Waals surface area contributed by atoms with Crippen LogP contribution in [0.3, 0.4) is 0 Å². The van der Waals surface area contributed by atoms with Gasteiger partial charge in [0.2, 0.25) is 5.88 Å². The van der Waals surface area contributed by atoms with E-state index in [9.17, 15) is 8.78 Å². The summed E-state index contributed by atoms with van der Waals surface area (Å²) in [5.74, 6) is 0.0762. The molecule has 3 rings (SSSR count). The van der Waals surface area contributed by atoms with E-state index >= 15 is 0 Å². The molecule has 1 aromatic heterocycles. The molecule has 0 unspecified atom stereocenters. The number of hydrogen-bond donors (Lipinski definition) is 1. The largest absolute Gasteiger partial charge is 0.586 e. The van der Waals surface area contributed by atoms with Crippen LogP contribution in [0.25, 0.3) is 11.3 Å². The standard InChI is InChI=1S/C10H6F2N2O3/c11-10(12)15-7-2-1-5(3-8(7)16-10)6-4-9(13)17-14-6/h1-4H,13H2. The van der Waals surface area contributed by atoms with Gasteiger partial charge in [0.1, 0.15) is 5.69 Å². The first-order valence-electron chi connectivity index (χ1n) is 4.66. The number of hydrogen-bond acceptors (Lipinski definition) is 5. The minimum Gasteiger partial charge on any atom is -0.395 e. The number of fused-ring (bicyclic) bond motifs is 1. The molecule has 0 radical (unpaired) electrons. The molecule has 2 heterocycles. The van der Waals surface area contributed by atoms with E-state index in [-0.39, 0.29) is 17.4 Å². The molecule has 2 aromatic rings. The molecule has 17 heavy (non-hydrogen) atoms. The van der Waals surface area contributed by atoms with Gasteiger partial charge in [0.05, 0.1) is 0 Å². The highest BCUT2D eigenvalue weighted by Gasteiger charge is 2.43. The first kappa shape index (κ1) is 9.88. The fourth-order valence-corrected chi connectivity index (χ4v) is 1.53. The third-order valence-corrected chi connectivity index (χ3v) is 2.23. The van der Waals surface area contributed by atoms with Gasteiger partial charge in [-0.3, -0.25) is 0 Å². The maximum absolute atomic E-state index is 12.8. The van der Waals surface area contributed by atoms with Crippen molar-refractivity contribution in [2.45, 2.75) is 6.29 Å². The molecule has 2 N–H and O–H groups in total. The molecule has 1 aliphatic rings. The Morgan fingerprint density at radius 3 is 2.59 bits per heavy atom. The average Bonchev–Trinajstić information content (AvgIpc) is 2.78. The second-order valence-electron chi connectivity index (χ2n) is 3.44. The van der Waals surface area contributed by atoms with Gasteiger partial charge in [-0.25, -0.2) is 0 Å². The van der Waals surface area contributed by atoms with Crippen LogP contribution in [0, 0.1) is 0 Å². The van der Waals surface area contributed by atoms with E-state index in [4.69, 9.17) is 5.73 Å². The first-order chi connectivity index (χ1) is 8.03. The maximum atomic E-state index is 12.8. The smallest absolute Gasteiger partial charge is 0.395 e. The summed E-state index contributed by atoms with van der Waals surface area (Å²) in [6.45, 7) is 0. The lowest BCUT2D eigenvalue weighted by Crippen LogP contribution is -2.25. The fourth-order valence-electron chi connectivity index (χ4n) is 1.53. The normalized spacial score (nSPS) is 16.1. The number of halogens is 2. The lowest BCUT2D eigenvalue weighted by molar-refractivity contribution is -0.286. The number of aromatic nitrogens is 1. The highest BCUT2D eigenvalue weighted by atomic mass is 19.3. The van der Waals surface area contributed by atoms with E-state index in [1.54, 1.807) is 6.07 Å². The molecule has 0 atom stereocenters. The van der Waals surface area contributed by atoms with Gasteiger partial charge < -0.3 is 19.7 Å². The summed E-state index contributed by atoms with van der Waals surface area (Å²) in [7, 11) is 0. The minimum absolute atomic E-state index is 0.0183. The molecule has 0 saturated carbocycles. The summed E-state index contributed by atoms with van der Waals surface area (Å²) < 4.78 is 38.8. The van der Waals surface area contributed by atoms with Crippen LogP contribution in [-0.2, 0) is 0 Å².